The van der Waals surface area contributed by atoms with Gasteiger partial charge < -0.3 is 4.90 Å². The van der Waals surface area contributed by atoms with Gasteiger partial charge in [0, 0.05) is 30.9 Å². The summed E-state index contributed by atoms with van der Waals surface area (Å²) >= 11 is 0. The number of carbonyl (C=O) groups excluding carboxylic acids is 1. The third kappa shape index (κ3) is 3.58. The molecule has 2 heteroatoms. The molecule has 0 saturated heterocycles. The lowest BCUT2D eigenvalue weighted by Crippen LogP contribution is -2.15. The predicted octanol–water partition coefficient (Wildman–Crippen LogP) is 2.72. The Morgan fingerprint density at radius 3 is 2.33 bits per heavy atom. The number of carbonyl (C=O) groups is 1. The van der Waals surface area contributed by atoms with Crippen LogP contribution in [0, 0.1) is 0 Å². The van der Waals surface area contributed by atoms with Crippen LogP contribution in [0.4, 0.5) is 0 Å². The first-order chi connectivity index (χ1) is 7.27. The third-order valence-corrected chi connectivity index (χ3v) is 2.31. The number of nitrogens with zero attached hydrogens (tertiary/aromatic N) is 1. The van der Waals surface area contributed by atoms with Crippen LogP contribution in [0.25, 0.3) is 0 Å². The monoisotopic (exact) mass is 203 g/mol. The first kappa shape index (κ1) is 11.5. The van der Waals surface area contributed by atoms with Crippen LogP contribution in [0.1, 0.15) is 24.2 Å². The molecule has 0 aliphatic rings. The molecule has 0 amide bonds. The number of ketones is 1. The Balaban J connectivity index is 2.63. The summed E-state index contributed by atoms with van der Waals surface area (Å²) in [6.07, 6.45) is 3.48. The van der Waals surface area contributed by atoms with Crippen molar-refractivity contribution in [2.75, 3.05) is 13.1 Å². The minimum atomic E-state index is 0.0579. The van der Waals surface area contributed by atoms with E-state index < -0.39 is 0 Å². The molecule has 1 aromatic rings. The minimum Gasteiger partial charge on any atom is -0.378 e. The Hall–Kier alpha value is -1.57. The molecule has 15 heavy (non-hydrogen) atoms. The lowest BCUT2D eigenvalue weighted by atomic mass is 10.1. The molecule has 80 valence electrons. The molecule has 0 aliphatic carbocycles. The van der Waals surface area contributed by atoms with E-state index in [9.17, 15) is 4.79 Å². The molecule has 0 bridgehead atoms. The van der Waals surface area contributed by atoms with Gasteiger partial charge in [0.25, 0.3) is 0 Å². The van der Waals surface area contributed by atoms with Crippen LogP contribution < -0.4 is 0 Å². The van der Waals surface area contributed by atoms with E-state index in [1.54, 1.807) is 6.08 Å². The first-order valence-electron chi connectivity index (χ1n) is 5.29. The molecular formula is C13H17NO. The van der Waals surface area contributed by atoms with Crippen molar-refractivity contribution in [3.8, 4) is 0 Å². The van der Waals surface area contributed by atoms with Crippen molar-refractivity contribution in [3.63, 3.8) is 0 Å². The number of hydrogen-bond donors (Lipinski definition) is 0. The average molecular weight is 203 g/mol. The van der Waals surface area contributed by atoms with E-state index in [0.717, 1.165) is 18.7 Å². The predicted molar refractivity (Wildman–Crippen MR) is 62.8 cm³/mol. The number of hydrogen-bond acceptors (Lipinski definition) is 2. The lowest BCUT2D eigenvalue weighted by molar-refractivity contribution is 0.104. The summed E-state index contributed by atoms with van der Waals surface area (Å²) in [6, 6.07) is 9.31. The largest absolute Gasteiger partial charge is 0.378 e. The van der Waals surface area contributed by atoms with Gasteiger partial charge in [0.2, 0.25) is 0 Å². The molecule has 1 aromatic carbocycles. The fraction of sp³-hybridized carbons (Fsp3) is 0.308. The van der Waals surface area contributed by atoms with Crippen LogP contribution in [0.2, 0.25) is 0 Å². The van der Waals surface area contributed by atoms with E-state index in [2.05, 4.69) is 18.7 Å². The van der Waals surface area contributed by atoms with Gasteiger partial charge in [-0.25, -0.2) is 0 Å². The zero-order valence-electron chi connectivity index (χ0n) is 9.31. The van der Waals surface area contributed by atoms with Crippen LogP contribution in [-0.4, -0.2) is 23.8 Å². The number of benzene rings is 1. The summed E-state index contributed by atoms with van der Waals surface area (Å²) in [5.41, 5.74) is 0.737. The molecule has 0 heterocycles. The second-order valence-electron chi connectivity index (χ2n) is 3.27. The second kappa shape index (κ2) is 6.02. The van der Waals surface area contributed by atoms with Crippen molar-refractivity contribution in [1.29, 1.82) is 0 Å². The van der Waals surface area contributed by atoms with Crippen molar-refractivity contribution in [3.05, 3.63) is 48.2 Å². The molecule has 0 unspecified atom stereocenters. The van der Waals surface area contributed by atoms with Crippen molar-refractivity contribution in [1.82, 2.24) is 4.90 Å². The summed E-state index contributed by atoms with van der Waals surface area (Å²) in [5.74, 6) is 0.0579. The SMILES string of the molecule is CCN(/C=C\C(=O)c1ccccc1)CC. The van der Waals surface area contributed by atoms with Crippen LogP contribution in [0.15, 0.2) is 42.6 Å². The van der Waals surface area contributed by atoms with Gasteiger partial charge in [0.15, 0.2) is 5.78 Å². The molecule has 2 nitrogen and oxygen atoms in total. The summed E-state index contributed by atoms with van der Waals surface area (Å²) < 4.78 is 0. The Labute approximate surface area is 91.2 Å². The topological polar surface area (TPSA) is 20.3 Å². The smallest absolute Gasteiger partial charge is 0.187 e. The fourth-order valence-corrected chi connectivity index (χ4v) is 1.31. The summed E-state index contributed by atoms with van der Waals surface area (Å²) in [7, 11) is 0. The first-order valence-corrected chi connectivity index (χ1v) is 5.29. The van der Waals surface area contributed by atoms with E-state index in [0.29, 0.717) is 0 Å². The maximum Gasteiger partial charge on any atom is 0.187 e. The molecule has 0 aliphatic heterocycles. The van der Waals surface area contributed by atoms with Crippen LogP contribution in [0.5, 0.6) is 0 Å². The van der Waals surface area contributed by atoms with Crippen LogP contribution in [-0.2, 0) is 0 Å². The van der Waals surface area contributed by atoms with Gasteiger partial charge >= 0.3 is 0 Å². The van der Waals surface area contributed by atoms with E-state index in [1.165, 1.54) is 0 Å². The van der Waals surface area contributed by atoms with Crippen molar-refractivity contribution >= 4 is 5.78 Å². The van der Waals surface area contributed by atoms with E-state index in [4.69, 9.17) is 0 Å². The van der Waals surface area contributed by atoms with Gasteiger partial charge in [-0.1, -0.05) is 30.3 Å². The van der Waals surface area contributed by atoms with E-state index in [1.807, 2.05) is 36.5 Å². The van der Waals surface area contributed by atoms with Crippen molar-refractivity contribution < 1.29 is 4.79 Å². The number of allylic oxidation sites excluding steroid dienone is 1. The molecule has 0 aromatic heterocycles. The Bertz CT molecular complexity index is 326. The van der Waals surface area contributed by atoms with Gasteiger partial charge in [-0.3, -0.25) is 4.79 Å². The normalized spacial score (nSPS) is 10.5. The van der Waals surface area contributed by atoms with Crippen LogP contribution >= 0.6 is 0 Å². The molecule has 0 spiro atoms. The average Bonchev–Trinajstić information content (AvgIpc) is 2.31. The van der Waals surface area contributed by atoms with Gasteiger partial charge in [-0.2, -0.15) is 0 Å². The van der Waals surface area contributed by atoms with E-state index in [-0.39, 0.29) is 5.78 Å². The van der Waals surface area contributed by atoms with Crippen LogP contribution in [0.3, 0.4) is 0 Å². The molecule has 0 atom stereocenters. The van der Waals surface area contributed by atoms with Gasteiger partial charge in [-0.05, 0) is 13.8 Å². The van der Waals surface area contributed by atoms with E-state index >= 15 is 0 Å². The summed E-state index contributed by atoms with van der Waals surface area (Å²) in [5, 5.41) is 0. The molecular weight excluding hydrogens is 186 g/mol. The van der Waals surface area contributed by atoms with Gasteiger partial charge in [-0.15, -0.1) is 0 Å². The summed E-state index contributed by atoms with van der Waals surface area (Å²) in [4.78, 5) is 13.8. The molecule has 0 saturated carbocycles. The Morgan fingerprint density at radius 1 is 1.20 bits per heavy atom. The highest BCUT2D eigenvalue weighted by Gasteiger charge is 1.99. The van der Waals surface area contributed by atoms with Crippen molar-refractivity contribution in [2.24, 2.45) is 0 Å². The minimum absolute atomic E-state index is 0.0579. The molecule has 0 radical (unpaired) electrons. The highest BCUT2D eigenvalue weighted by Crippen LogP contribution is 2.01. The zero-order valence-corrected chi connectivity index (χ0v) is 9.31. The Morgan fingerprint density at radius 2 is 1.80 bits per heavy atom. The number of rotatable bonds is 5. The Kier molecular flexibility index (Phi) is 4.61. The standard InChI is InChI=1S/C13H17NO/c1-3-14(4-2)11-10-13(15)12-8-6-5-7-9-12/h5-11H,3-4H2,1-2H3/b11-10-. The second-order valence-corrected chi connectivity index (χ2v) is 3.27. The van der Waals surface area contributed by atoms with Crippen molar-refractivity contribution in [2.45, 2.75) is 13.8 Å². The maximum absolute atomic E-state index is 11.7. The molecule has 0 N–H and O–H groups in total. The zero-order chi connectivity index (χ0) is 11.1. The highest BCUT2D eigenvalue weighted by atomic mass is 16.1. The fourth-order valence-electron chi connectivity index (χ4n) is 1.31. The molecule has 1 rings (SSSR count). The van der Waals surface area contributed by atoms with Gasteiger partial charge in [0.1, 0.15) is 0 Å². The third-order valence-electron chi connectivity index (χ3n) is 2.31. The maximum atomic E-state index is 11.7. The molecule has 0 fully saturated rings. The quantitative estimate of drug-likeness (QED) is 0.541. The summed E-state index contributed by atoms with van der Waals surface area (Å²) in [6.45, 7) is 5.99. The van der Waals surface area contributed by atoms with Gasteiger partial charge in [0.05, 0.1) is 0 Å². The highest BCUT2D eigenvalue weighted by molar-refractivity contribution is 6.04. The lowest BCUT2D eigenvalue weighted by Gasteiger charge is -2.14.